The highest BCUT2D eigenvalue weighted by Crippen LogP contribution is 2.38. The van der Waals surface area contributed by atoms with Gasteiger partial charge in [-0.2, -0.15) is 0 Å². The highest BCUT2D eigenvalue weighted by atomic mass is 16.6. The van der Waals surface area contributed by atoms with E-state index < -0.39 is 17.7 Å². The van der Waals surface area contributed by atoms with Crippen LogP contribution in [0.5, 0.6) is 0 Å². The quantitative estimate of drug-likeness (QED) is 0.759. The molecule has 3 saturated heterocycles. The molecule has 0 aliphatic carbocycles. The number of nitrogens with zero attached hydrogens (tertiary/aromatic N) is 3. The number of rotatable bonds is 4. The summed E-state index contributed by atoms with van der Waals surface area (Å²) in [5.74, 6) is -0.407. The van der Waals surface area contributed by atoms with Crippen molar-refractivity contribution in [2.45, 2.75) is 37.9 Å². The standard InChI is InChI=1S/C20H24N4O5/c1-2-23-17(26)20(24(19(23)28)12-14-6-4-3-5-7-14)8-10-22(11-9-20)16(25)15-13-29-18(27)21-15/h3-7,15H,2,8-13H2,1H3,(H,21,27)/t15-/m0/s1. The highest BCUT2D eigenvalue weighted by Gasteiger charge is 2.58. The Morgan fingerprint density at radius 2 is 1.86 bits per heavy atom. The monoisotopic (exact) mass is 400 g/mol. The predicted molar refractivity (Wildman–Crippen MR) is 102 cm³/mol. The summed E-state index contributed by atoms with van der Waals surface area (Å²) in [4.78, 5) is 54.6. The van der Waals surface area contributed by atoms with E-state index in [1.165, 1.54) is 4.90 Å². The van der Waals surface area contributed by atoms with Gasteiger partial charge in [-0.15, -0.1) is 0 Å². The summed E-state index contributed by atoms with van der Waals surface area (Å²) in [6, 6.07) is 8.61. The number of amides is 5. The number of likely N-dealkylation sites (N-methyl/N-ethyl adjacent to an activating group) is 1. The topological polar surface area (TPSA) is 99.3 Å². The van der Waals surface area contributed by atoms with Gasteiger partial charge in [-0.3, -0.25) is 14.5 Å². The molecule has 3 aliphatic rings. The van der Waals surface area contributed by atoms with Crippen LogP contribution >= 0.6 is 0 Å². The number of imide groups is 1. The lowest BCUT2D eigenvalue weighted by Crippen LogP contribution is -2.58. The summed E-state index contributed by atoms with van der Waals surface area (Å²) in [5, 5.41) is 2.49. The fourth-order valence-electron chi connectivity index (χ4n) is 4.36. The third-order valence-electron chi connectivity index (χ3n) is 6.00. The van der Waals surface area contributed by atoms with Crippen LogP contribution in [0.25, 0.3) is 0 Å². The number of carbonyl (C=O) groups is 4. The molecule has 154 valence electrons. The second-order valence-electron chi connectivity index (χ2n) is 7.56. The molecule has 1 aromatic carbocycles. The number of urea groups is 1. The maximum atomic E-state index is 13.2. The lowest BCUT2D eigenvalue weighted by molar-refractivity contribution is -0.142. The SMILES string of the molecule is CCN1C(=O)N(Cc2ccccc2)C2(CCN(C(=O)[C@@H]3COC(=O)N3)CC2)C1=O. The minimum Gasteiger partial charge on any atom is -0.447 e. The first-order chi connectivity index (χ1) is 14.0. The summed E-state index contributed by atoms with van der Waals surface area (Å²) in [7, 11) is 0. The molecule has 0 saturated carbocycles. The predicted octanol–water partition coefficient (Wildman–Crippen LogP) is 0.940. The largest absolute Gasteiger partial charge is 0.447 e. The van der Waals surface area contributed by atoms with Crippen LogP contribution in [0.1, 0.15) is 25.3 Å². The van der Waals surface area contributed by atoms with Gasteiger partial charge in [0.1, 0.15) is 18.2 Å². The average molecular weight is 400 g/mol. The molecule has 3 heterocycles. The Labute approximate surface area is 168 Å². The van der Waals surface area contributed by atoms with E-state index in [0.29, 0.717) is 39.0 Å². The van der Waals surface area contributed by atoms with Crippen LogP contribution in [0.2, 0.25) is 0 Å². The van der Waals surface area contributed by atoms with Gasteiger partial charge in [-0.25, -0.2) is 9.59 Å². The zero-order chi connectivity index (χ0) is 20.6. The first-order valence-corrected chi connectivity index (χ1v) is 9.86. The minimum absolute atomic E-state index is 0.0144. The average Bonchev–Trinajstić information content (AvgIpc) is 3.25. The van der Waals surface area contributed by atoms with Crippen molar-refractivity contribution >= 4 is 23.9 Å². The Morgan fingerprint density at radius 1 is 1.17 bits per heavy atom. The first kappa shape index (κ1) is 19.2. The molecular formula is C20H24N4O5. The third-order valence-corrected chi connectivity index (χ3v) is 6.00. The van der Waals surface area contributed by atoms with E-state index in [2.05, 4.69) is 5.32 Å². The van der Waals surface area contributed by atoms with E-state index in [4.69, 9.17) is 4.74 Å². The zero-order valence-corrected chi connectivity index (χ0v) is 16.3. The molecule has 0 unspecified atom stereocenters. The molecule has 0 radical (unpaired) electrons. The van der Waals surface area contributed by atoms with Gasteiger partial charge < -0.3 is 19.9 Å². The van der Waals surface area contributed by atoms with Crippen LogP contribution in [0, 0.1) is 0 Å². The number of hydrogen-bond donors (Lipinski definition) is 1. The van der Waals surface area contributed by atoms with Crippen molar-refractivity contribution in [2.24, 2.45) is 0 Å². The third kappa shape index (κ3) is 3.20. The van der Waals surface area contributed by atoms with Gasteiger partial charge in [0.25, 0.3) is 5.91 Å². The smallest absolute Gasteiger partial charge is 0.407 e. The summed E-state index contributed by atoms with van der Waals surface area (Å²) in [6.45, 7) is 3.15. The molecular weight excluding hydrogens is 376 g/mol. The van der Waals surface area contributed by atoms with Gasteiger partial charge in [0.2, 0.25) is 5.91 Å². The zero-order valence-electron chi connectivity index (χ0n) is 16.3. The van der Waals surface area contributed by atoms with Crippen molar-refractivity contribution in [3.63, 3.8) is 0 Å². The Bertz CT molecular complexity index is 835. The lowest BCUT2D eigenvalue weighted by Gasteiger charge is -2.42. The number of carbonyl (C=O) groups excluding carboxylic acids is 4. The van der Waals surface area contributed by atoms with E-state index in [1.54, 1.807) is 16.7 Å². The fourth-order valence-corrected chi connectivity index (χ4v) is 4.36. The summed E-state index contributed by atoms with van der Waals surface area (Å²) in [6.07, 6.45) is 0.142. The number of ether oxygens (including phenoxy) is 1. The Morgan fingerprint density at radius 3 is 2.45 bits per heavy atom. The molecule has 1 atom stereocenters. The molecule has 1 N–H and O–H groups in total. The van der Waals surface area contributed by atoms with E-state index >= 15 is 0 Å². The summed E-state index contributed by atoms with van der Waals surface area (Å²) < 4.78 is 4.80. The lowest BCUT2D eigenvalue weighted by atomic mass is 9.85. The fraction of sp³-hybridized carbons (Fsp3) is 0.500. The second kappa shape index (κ2) is 7.38. The molecule has 0 aromatic heterocycles. The number of nitrogens with one attached hydrogen (secondary N) is 1. The van der Waals surface area contributed by atoms with Gasteiger partial charge >= 0.3 is 12.1 Å². The molecule has 29 heavy (non-hydrogen) atoms. The number of alkyl carbamates (subject to hydrolysis) is 1. The van der Waals surface area contributed by atoms with E-state index in [1.807, 2.05) is 30.3 Å². The van der Waals surface area contributed by atoms with Crippen molar-refractivity contribution in [3.05, 3.63) is 35.9 Å². The van der Waals surface area contributed by atoms with Crippen molar-refractivity contribution in [2.75, 3.05) is 26.2 Å². The Kier molecular flexibility index (Phi) is 4.89. The molecule has 5 amide bonds. The van der Waals surface area contributed by atoms with Gasteiger partial charge in [0, 0.05) is 26.2 Å². The molecule has 1 aromatic rings. The van der Waals surface area contributed by atoms with Crippen LogP contribution in [0.4, 0.5) is 9.59 Å². The van der Waals surface area contributed by atoms with Crippen molar-refractivity contribution in [3.8, 4) is 0 Å². The first-order valence-electron chi connectivity index (χ1n) is 9.86. The number of likely N-dealkylation sites (tertiary alicyclic amines) is 1. The molecule has 4 rings (SSSR count). The molecule has 9 heteroatoms. The maximum absolute atomic E-state index is 13.2. The number of cyclic esters (lactones) is 1. The van der Waals surface area contributed by atoms with Crippen molar-refractivity contribution < 1.29 is 23.9 Å². The number of hydrogen-bond acceptors (Lipinski definition) is 5. The molecule has 3 aliphatic heterocycles. The molecule has 1 spiro atoms. The molecule has 9 nitrogen and oxygen atoms in total. The van der Waals surface area contributed by atoms with Gasteiger partial charge in [-0.1, -0.05) is 30.3 Å². The van der Waals surface area contributed by atoms with E-state index in [-0.39, 0.29) is 24.5 Å². The summed E-state index contributed by atoms with van der Waals surface area (Å²) >= 11 is 0. The van der Waals surface area contributed by atoms with E-state index in [0.717, 1.165) is 5.56 Å². The van der Waals surface area contributed by atoms with Crippen LogP contribution in [-0.4, -0.2) is 76.5 Å². The number of benzene rings is 1. The second-order valence-corrected chi connectivity index (χ2v) is 7.56. The van der Waals surface area contributed by atoms with Gasteiger partial charge in [0.05, 0.1) is 0 Å². The van der Waals surface area contributed by atoms with Gasteiger partial charge in [-0.05, 0) is 25.3 Å². The van der Waals surface area contributed by atoms with Gasteiger partial charge in [0.15, 0.2) is 0 Å². The molecule has 3 fully saturated rings. The van der Waals surface area contributed by atoms with Crippen LogP contribution in [-0.2, 0) is 20.9 Å². The highest BCUT2D eigenvalue weighted by molar-refractivity contribution is 6.07. The van der Waals surface area contributed by atoms with E-state index in [9.17, 15) is 19.2 Å². The van der Waals surface area contributed by atoms with Crippen LogP contribution < -0.4 is 5.32 Å². The van der Waals surface area contributed by atoms with Crippen LogP contribution in [0.15, 0.2) is 30.3 Å². The molecule has 0 bridgehead atoms. The minimum atomic E-state index is -0.935. The van der Waals surface area contributed by atoms with Crippen molar-refractivity contribution in [1.29, 1.82) is 0 Å². The number of piperidine rings is 1. The normalized spacial score (nSPS) is 23.6. The maximum Gasteiger partial charge on any atom is 0.407 e. The van der Waals surface area contributed by atoms with Crippen LogP contribution in [0.3, 0.4) is 0 Å². The summed E-state index contributed by atoms with van der Waals surface area (Å²) in [5.41, 5.74) is 0.0186. The Balaban J connectivity index is 1.53. The Hall–Kier alpha value is -3.10. The van der Waals surface area contributed by atoms with Crippen molar-refractivity contribution in [1.82, 2.24) is 20.0 Å².